The van der Waals surface area contributed by atoms with Crippen molar-refractivity contribution >= 4 is 5.97 Å². The number of ether oxygens (including phenoxy) is 2. The van der Waals surface area contributed by atoms with E-state index in [1.807, 2.05) is 31.2 Å². The Morgan fingerprint density at radius 1 is 1.48 bits per heavy atom. The highest BCUT2D eigenvalue weighted by atomic mass is 16.5. The number of carboxylic acids is 1. The molecule has 1 N–H and O–H groups in total. The van der Waals surface area contributed by atoms with Crippen molar-refractivity contribution in [3.8, 4) is 11.5 Å². The number of benzene rings is 1. The first-order valence-electron chi connectivity index (χ1n) is 6.69. The molecular formula is C16H15NO4. The first-order chi connectivity index (χ1) is 10.1. The molecule has 3 rings (SSSR count). The van der Waals surface area contributed by atoms with Crippen molar-refractivity contribution in [3.05, 3.63) is 53.3 Å². The first kappa shape index (κ1) is 13.4. The zero-order valence-corrected chi connectivity index (χ0v) is 11.6. The minimum Gasteiger partial charge on any atom is -0.487 e. The Morgan fingerprint density at radius 3 is 3.10 bits per heavy atom. The molecular weight excluding hydrogens is 270 g/mol. The van der Waals surface area contributed by atoms with E-state index in [1.165, 1.54) is 0 Å². The lowest BCUT2D eigenvalue weighted by Crippen LogP contribution is -2.24. The SMILES string of the molecule is Cc1cccnc1COc1ccc2c(c1)OC(C(=O)O)C2. The molecule has 0 fully saturated rings. The lowest BCUT2D eigenvalue weighted by Gasteiger charge is -2.09. The standard InChI is InChI=1S/C16H15NO4/c1-10-3-2-6-17-13(10)9-20-12-5-4-11-7-15(16(18)19)21-14(11)8-12/h2-6,8,15H,7,9H2,1H3,(H,18,19). The molecule has 0 aliphatic carbocycles. The van der Waals surface area contributed by atoms with Gasteiger partial charge in [-0.2, -0.15) is 0 Å². The van der Waals surface area contributed by atoms with Gasteiger partial charge in [0.2, 0.25) is 0 Å². The molecule has 2 aromatic rings. The van der Waals surface area contributed by atoms with Crippen LogP contribution in [0.4, 0.5) is 0 Å². The van der Waals surface area contributed by atoms with E-state index in [4.69, 9.17) is 14.6 Å². The summed E-state index contributed by atoms with van der Waals surface area (Å²) in [6, 6.07) is 9.27. The maximum atomic E-state index is 10.9. The summed E-state index contributed by atoms with van der Waals surface area (Å²) in [7, 11) is 0. The van der Waals surface area contributed by atoms with Crippen molar-refractivity contribution in [2.24, 2.45) is 0 Å². The van der Waals surface area contributed by atoms with Crippen LogP contribution >= 0.6 is 0 Å². The van der Waals surface area contributed by atoms with Crippen molar-refractivity contribution in [1.82, 2.24) is 4.98 Å². The molecule has 1 aliphatic heterocycles. The van der Waals surface area contributed by atoms with Gasteiger partial charge in [0.1, 0.15) is 18.1 Å². The molecule has 1 aromatic carbocycles. The van der Waals surface area contributed by atoms with Crippen molar-refractivity contribution in [2.75, 3.05) is 0 Å². The molecule has 1 unspecified atom stereocenters. The van der Waals surface area contributed by atoms with Crippen molar-refractivity contribution in [1.29, 1.82) is 0 Å². The van der Waals surface area contributed by atoms with Crippen LogP contribution in [0, 0.1) is 6.92 Å². The van der Waals surface area contributed by atoms with Crippen LogP contribution in [0.3, 0.4) is 0 Å². The van der Waals surface area contributed by atoms with Gasteiger partial charge in [-0.05, 0) is 30.2 Å². The Balaban J connectivity index is 1.70. The van der Waals surface area contributed by atoms with Crippen LogP contribution in [0.5, 0.6) is 11.5 Å². The molecule has 1 aromatic heterocycles. The summed E-state index contributed by atoms with van der Waals surface area (Å²) in [6.45, 7) is 2.35. The maximum absolute atomic E-state index is 10.9. The van der Waals surface area contributed by atoms with Gasteiger partial charge < -0.3 is 14.6 Å². The van der Waals surface area contributed by atoms with E-state index in [0.717, 1.165) is 16.8 Å². The summed E-state index contributed by atoms with van der Waals surface area (Å²) in [5, 5.41) is 8.97. The van der Waals surface area contributed by atoms with Crippen LogP contribution in [0.1, 0.15) is 16.8 Å². The molecule has 0 amide bonds. The fourth-order valence-corrected chi connectivity index (χ4v) is 2.26. The van der Waals surface area contributed by atoms with Crippen LogP contribution < -0.4 is 9.47 Å². The van der Waals surface area contributed by atoms with Crippen LogP contribution in [-0.2, 0) is 17.8 Å². The highest BCUT2D eigenvalue weighted by Crippen LogP contribution is 2.32. The van der Waals surface area contributed by atoms with Gasteiger partial charge in [-0.1, -0.05) is 12.1 Å². The average molecular weight is 285 g/mol. The van der Waals surface area contributed by atoms with E-state index in [-0.39, 0.29) is 0 Å². The molecule has 1 atom stereocenters. The highest BCUT2D eigenvalue weighted by Gasteiger charge is 2.28. The second-order valence-corrected chi connectivity index (χ2v) is 4.97. The number of aromatic nitrogens is 1. The van der Waals surface area contributed by atoms with Crippen LogP contribution in [0.15, 0.2) is 36.5 Å². The zero-order chi connectivity index (χ0) is 14.8. The molecule has 2 heterocycles. The van der Waals surface area contributed by atoms with E-state index in [9.17, 15) is 4.79 Å². The number of aryl methyl sites for hydroxylation is 1. The largest absolute Gasteiger partial charge is 0.487 e. The lowest BCUT2D eigenvalue weighted by molar-refractivity contribution is -0.144. The van der Waals surface area contributed by atoms with Gasteiger partial charge in [0, 0.05) is 18.7 Å². The zero-order valence-electron chi connectivity index (χ0n) is 11.6. The minimum atomic E-state index is -0.947. The Labute approximate surface area is 122 Å². The quantitative estimate of drug-likeness (QED) is 0.934. The van der Waals surface area contributed by atoms with Crippen LogP contribution in [0.25, 0.3) is 0 Å². The summed E-state index contributed by atoms with van der Waals surface area (Å²) in [5.74, 6) is 0.278. The average Bonchev–Trinajstić information content (AvgIpc) is 2.90. The van der Waals surface area contributed by atoms with Crippen LogP contribution in [-0.4, -0.2) is 22.2 Å². The number of rotatable bonds is 4. The van der Waals surface area contributed by atoms with E-state index >= 15 is 0 Å². The first-order valence-corrected chi connectivity index (χ1v) is 6.69. The fourth-order valence-electron chi connectivity index (χ4n) is 2.26. The third kappa shape index (κ3) is 2.81. The van der Waals surface area contributed by atoms with Gasteiger partial charge in [-0.15, -0.1) is 0 Å². The highest BCUT2D eigenvalue weighted by molar-refractivity contribution is 5.74. The molecule has 0 bridgehead atoms. The number of carboxylic acid groups (broad SMARTS) is 1. The van der Waals surface area contributed by atoms with Crippen LogP contribution in [0.2, 0.25) is 0 Å². The van der Waals surface area contributed by atoms with Crippen molar-refractivity contribution in [2.45, 2.75) is 26.1 Å². The Morgan fingerprint density at radius 2 is 2.33 bits per heavy atom. The van der Waals surface area contributed by atoms with E-state index in [2.05, 4.69) is 4.98 Å². The second-order valence-electron chi connectivity index (χ2n) is 4.97. The summed E-state index contributed by atoms with van der Waals surface area (Å²) in [6.07, 6.45) is 1.33. The Kier molecular flexibility index (Phi) is 3.48. The smallest absolute Gasteiger partial charge is 0.345 e. The molecule has 108 valence electrons. The predicted molar refractivity (Wildman–Crippen MR) is 75.5 cm³/mol. The molecule has 5 nitrogen and oxygen atoms in total. The van der Waals surface area contributed by atoms with Gasteiger partial charge in [0.15, 0.2) is 6.10 Å². The minimum absolute atomic E-state index is 0.369. The number of fused-ring (bicyclic) bond motifs is 1. The number of hydrogen-bond acceptors (Lipinski definition) is 4. The summed E-state index contributed by atoms with van der Waals surface area (Å²) < 4.78 is 11.1. The number of hydrogen-bond donors (Lipinski definition) is 1. The molecule has 0 spiro atoms. The lowest BCUT2D eigenvalue weighted by atomic mass is 10.1. The summed E-state index contributed by atoms with van der Waals surface area (Å²) in [5.41, 5.74) is 2.84. The molecule has 0 radical (unpaired) electrons. The van der Waals surface area contributed by atoms with E-state index in [0.29, 0.717) is 24.5 Å². The third-order valence-electron chi connectivity index (χ3n) is 3.48. The normalized spacial score (nSPS) is 16.1. The number of aliphatic carboxylic acids is 1. The van der Waals surface area contributed by atoms with Gasteiger partial charge in [-0.25, -0.2) is 4.79 Å². The summed E-state index contributed by atoms with van der Waals surface area (Å²) >= 11 is 0. The molecule has 21 heavy (non-hydrogen) atoms. The maximum Gasteiger partial charge on any atom is 0.345 e. The Bertz CT molecular complexity index is 684. The predicted octanol–water partition coefficient (Wildman–Crippen LogP) is 2.36. The van der Waals surface area contributed by atoms with Crippen molar-refractivity contribution in [3.63, 3.8) is 0 Å². The molecule has 0 saturated heterocycles. The topological polar surface area (TPSA) is 68.7 Å². The van der Waals surface area contributed by atoms with Gasteiger partial charge >= 0.3 is 5.97 Å². The molecule has 1 aliphatic rings. The fraction of sp³-hybridized carbons (Fsp3) is 0.250. The number of nitrogens with zero attached hydrogens (tertiary/aromatic N) is 1. The number of pyridine rings is 1. The monoisotopic (exact) mass is 285 g/mol. The Hall–Kier alpha value is -2.56. The summed E-state index contributed by atoms with van der Waals surface area (Å²) in [4.78, 5) is 15.2. The third-order valence-corrected chi connectivity index (χ3v) is 3.48. The van der Waals surface area contributed by atoms with Gasteiger partial charge in [0.05, 0.1) is 5.69 Å². The van der Waals surface area contributed by atoms with Gasteiger partial charge in [-0.3, -0.25) is 4.98 Å². The van der Waals surface area contributed by atoms with E-state index in [1.54, 1.807) is 12.3 Å². The van der Waals surface area contributed by atoms with E-state index < -0.39 is 12.1 Å². The van der Waals surface area contributed by atoms with Gasteiger partial charge in [0.25, 0.3) is 0 Å². The molecule has 5 heteroatoms. The molecule has 0 saturated carbocycles. The second kappa shape index (κ2) is 5.44. The number of carbonyl (C=O) groups is 1. The van der Waals surface area contributed by atoms with Crippen molar-refractivity contribution < 1.29 is 19.4 Å².